The maximum Gasteiger partial charge on any atom is 0.125 e. The summed E-state index contributed by atoms with van der Waals surface area (Å²) >= 11 is 1.82. The summed E-state index contributed by atoms with van der Waals surface area (Å²) in [5, 5.41) is 4.61. The van der Waals surface area contributed by atoms with Crippen molar-refractivity contribution in [2.45, 2.75) is 38.6 Å². The largest absolute Gasteiger partial charge is 0.312 e. The van der Waals surface area contributed by atoms with E-state index in [1.807, 2.05) is 29.8 Å². The molecule has 2 aromatic heterocycles. The van der Waals surface area contributed by atoms with Crippen LogP contribution in [0.4, 0.5) is 0 Å². The van der Waals surface area contributed by atoms with Crippen LogP contribution in [0.3, 0.4) is 0 Å². The Labute approximate surface area is 118 Å². The highest BCUT2D eigenvalue weighted by atomic mass is 32.1. The smallest absolute Gasteiger partial charge is 0.125 e. The molecule has 0 saturated heterocycles. The third-order valence-corrected chi connectivity index (χ3v) is 4.43. The average molecular weight is 273 g/mol. The summed E-state index contributed by atoms with van der Waals surface area (Å²) < 4.78 is 0. The van der Waals surface area contributed by atoms with Crippen LogP contribution in [0.25, 0.3) is 10.6 Å². The van der Waals surface area contributed by atoms with Crippen molar-refractivity contribution in [1.29, 1.82) is 0 Å². The Hall–Kier alpha value is -1.26. The van der Waals surface area contributed by atoms with Crippen LogP contribution in [0, 0.1) is 0 Å². The second-order valence-electron chi connectivity index (χ2n) is 5.02. The fourth-order valence-corrected chi connectivity index (χ4v) is 3.26. The van der Waals surface area contributed by atoms with Gasteiger partial charge in [-0.15, -0.1) is 11.3 Å². The van der Waals surface area contributed by atoms with Gasteiger partial charge >= 0.3 is 0 Å². The molecule has 100 valence electrons. The van der Waals surface area contributed by atoms with Gasteiger partial charge in [-0.05, 0) is 37.9 Å². The first-order valence-corrected chi connectivity index (χ1v) is 7.81. The molecule has 0 aliphatic heterocycles. The lowest BCUT2D eigenvalue weighted by molar-refractivity contribution is 0.676. The van der Waals surface area contributed by atoms with Crippen LogP contribution in [0.1, 0.15) is 42.7 Å². The van der Waals surface area contributed by atoms with Gasteiger partial charge in [0.2, 0.25) is 0 Å². The lowest BCUT2D eigenvalue weighted by atomic mass is 10.2. The van der Waals surface area contributed by atoms with Crippen LogP contribution < -0.4 is 5.32 Å². The summed E-state index contributed by atoms with van der Waals surface area (Å²) in [5.41, 5.74) is 2.46. The quantitative estimate of drug-likeness (QED) is 0.817. The zero-order chi connectivity index (χ0) is 13.1. The molecular weight excluding hydrogens is 254 g/mol. The Morgan fingerprint density at radius 3 is 3.00 bits per heavy atom. The first kappa shape index (κ1) is 12.8. The van der Waals surface area contributed by atoms with Gasteiger partial charge in [-0.25, -0.2) is 4.98 Å². The van der Waals surface area contributed by atoms with E-state index in [9.17, 15) is 0 Å². The first-order valence-electron chi connectivity index (χ1n) is 6.99. The normalized spacial score (nSPS) is 14.8. The molecule has 2 aromatic rings. The molecule has 0 spiro atoms. The van der Waals surface area contributed by atoms with Crippen LogP contribution in [-0.2, 0) is 6.54 Å². The fraction of sp³-hybridized carbons (Fsp3) is 0.467. The van der Waals surface area contributed by atoms with Crippen LogP contribution in [-0.4, -0.2) is 16.5 Å². The molecule has 3 rings (SSSR count). The maximum atomic E-state index is 4.86. The van der Waals surface area contributed by atoms with Gasteiger partial charge in [0.1, 0.15) is 5.01 Å². The van der Waals surface area contributed by atoms with Crippen molar-refractivity contribution in [2.24, 2.45) is 0 Å². The van der Waals surface area contributed by atoms with Crippen molar-refractivity contribution in [3.05, 3.63) is 35.1 Å². The molecule has 1 aliphatic carbocycles. The minimum Gasteiger partial charge on any atom is -0.312 e. The van der Waals surface area contributed by atoms with E-state index < -0.39 is 0 Å². The topological polar surface area (TPSA) is 37.8 Å². The summed E-state index contributed by atoms with van der Waals surface area (Å²) in [5.74, 6) is 0.708. The predicted octanol–water partition coefficient (Wildman–Crippen LogP) is 3.58. The van der Waals surface area contributed by atoms with Gasteiger partial charge in [-0.1, -0.05) is 6.92 Å². The molecule has 19 heavy (non-hydrogen) atoms. The number of nitrogens with one attached hydrogen (secondary N) is 1. The molecule has 3 nitrogen and oxygen atoms in total. The van der Waals surface area contributed by atoms with Crippen LogP contribution >= 0.6 is 11.3 Å². The number of aromatic nitrogens is 2. The molecule has 0 bridgehead atoms. The minimum absolute atomic E-state index is 0.708. The van der Waals surface area contributed by atoms with Gasteiger partial charge in [0.15, 0.2) is 0 Å². The highest BCUT2D eigenvalue weighted by Crippen LogP contribution is 2.44. The summed E-state index contributed by atoms with van der Waals surface area (Å²) in [6.07, 6.45) is 7.49. The van der Waals surface area contributed by atoms with E-state index >= 15 is 0 Å². The van der Waals surface area contributed by atoms with Gasteiger partial charge in [-0.3, -0.25) is 4.98 Å². The highest BCUT2D eigenvalue weighted by molar-refractivity contribution is 7.15. The maximum absolute atomic E-state index is 4.86. The third kappa shape index (κ3) is 3.01. The fourth-order valence-electron chi connectivity index (χ4n) is 2.16. The molecule has 2 heterocycles. The second-order valence-corrected chi connectivity index (χ2v) is 6.10. The molecule has 0 atom stereocenters. The number of nitrogens with zero attached hydrogens (tertiary/aromatic N) is 2. The molecule has 0 radical (unpaired) electrons. The van der Waals surface area contributed by atoms with E-state index in [0.717, 1.165) is 23.7 Å². The Morgan fingerprint density at radius 2 is 2.32 bits per heavy atom. The van der Waals surface area contributed by atoms with Crippen molar-refractivity contribution in [3.63, 3.8) is 0 Å². The molecule has 1 aliphatic rings. The summed E-state index contributed by atoms with van der Waals surface area (Å²) in [6.45, 7) is 4.23. The highest BCUT2D eigenvalue weighted by Gasteiger charge is 2.29. The zero-order valence-electron chi connectivity index (χ0n) is 11.2. The van der Waals surface area contributed by atoms with Crippen LogP contribution in [0.5, 0.6) is 0 Å². The van der Waals surface area contributed by atoms with E-state index in [4.69, 9.17) is 4.98 Å². The Morgan fingerprint density at radius 1 is 1.42 bits per heavy atom. The zero-order valence-corrected chi connectivity index (χ0v) is 12.0. The van der Waals surface area contributed by atoms with Crippen LogP contribution in [0.15, 0.2) is 24.5 Å². The Balaban J connectivity index is 1.84. The van der Waals surface area contributed by atoms with Gasteiger partial charge in [0.25, 0.3) is 0 Å². The number of hydrogen-bond donors (Lipinski definition) is 1. The molecule has 0 aromatic carbocycles. The lowest BCUT2D eigenvalue weighted by Gasteiger charge is -2.01. The Bertz CT molecular complexity index is 532. The lowest BCUT2D eigenvalue weighted by Crippen LogP contribution is -2.13. The molecule has 1 fully saturated rings. The van der Waals surface area contributed by atoms with Gasteiger partial charge in [0.05, 0.1) is 5.69 Å². The number of rotatable bonds is 6. The Kier molecular flexibility index (Phi) is 3.89. The van der Waals surface area contributed by atoms with Crippen molar-refractivity contribution in [1.82, 2.24) is 15.3 Å². The number of hydrogen-bond acceptors (Lipinski definition) is 4. The number of thiazole rings is 1. The van der Waals surface area contributed by atoms with E-state index in [1.54, 1.807) is 0 Å². The van der Waals surface area contributed by atoms with E-state index in [-0.39, 0.29) is 0 Å². The molecule has 0 unspecified atom stereocenters. The van der Waals surface area contributed by atoms with Crippen molar-refractivity contribution in [2.75, 3.05) is 6.54 Å². The molecular formula is C15H19N3S. The molecule has 0 amide bonds. The van der Waals surface area contributed by atoms with E-state index in [2.05, 4.69) is 23.3 Å². The first-order chi connectivity index (χ1) is 9.38. The standard InChI is InChI=1S/C15H19N3S/c1-2-7-16-10-13-14(11-5-6-11)18-15(19-13)12-4-3-8-17-9-12/h3-4,8-9,11,16H,2,5-7,10H2,1H3. The van der Waals surface area contributed by atoms with Gasteiger partial charge in [0, 0.05) is 35.3 Å². The van der Waals surface area contributed by atoms with Crippen LogP contribution in [0.2, 0.25) is 0 Å². The monoisotopic (exact) mass is 273 g/mol. The van der Waals surface area contributed by atoms with E-state index in [1.165, 1.54) is 29.8 Å². The second kappa shape index (κ2) is 5.80. The van der Waals surface area contributed by atoms with Crippen molar-refractivity contribution >= 4 is 11.3 Å². The SMILES string of the molecule is CCCNCc1sc(-c2cccnc2)nc1C1CC1. The average Bonchev–Trinajstić information content (AvgIpc) is 3.21. The molecule has 1 saturated carbocycles. The van der Waals surface area contributed by atoms with Crippen molar-refractivity contribution in [3.8, 4) is 10.6 Å². The minimum atomic E-state index is 0.708. The summed E-state index contributed by atoms with van der Waals surface area (Å²) in [6, 6.07) is 4.06. The summed E-state index contributed by atoms with van der Waals surface area (Å²) in [4.78, 5) is 10.5. The molecule has 4 heteroatoms. The van der Waals surface area contributed by atoms with Crippen molar-refractivity contribution < 1.29 is 0 Å². The third-order valence-electron chi connectivity index (χ3n) is 3.31. The predicted molar refractivity (Wildman–Crippen MR) is 79.3 cm³/mol. The molecule has 1 N–H and O–H groups in total. The van der Waals surface area contributed by atoms with E-state index in [0.29, 0.717) is 5.92 Å². The summed E-state index contributed by atoms with van der Waals surface area (Å²) in [7, 11) is 0. The number of pyridine rings is 1. The van der Waals surface area contributed by atoms with Gasteiger partial charge < -0.3 is 5.32 Å². The van der Waals surface area contributed by atoms with Gasteiger partial charge in [-0.2, -0.15) is 0 Å².